The van der Waals surface area contributed by atoms with Crippen LogP contribution in [0.3, 0.4) is 0 Å². The average molecular weight is 354 g/mol. The van der Waals surface area contributed by atoms with E-state index < -0.39 is 0 Å². The number of nitrogens with one attached hydrogen (secondary N) is 2. The number of rotatable bonds is 3. The maximum absolute atomic E-state index is 12.2. The lowest BCUT2D eigenvalue weighted by atomic mass is 10.1. The molecule has 0 aliphatic heterocycles. The Morgan fingerprint density at radius 2 is 1.95 bits per heavy atom. The predicted molar refractivity (Wildman–Crippen MR) is 83.2 cm³/mol. The largest absolute Gasteiger partial charge is 0.326 e. The molecule has 0 fully saturated rings. The minimum atomic E-state index is -0.310. The van der Waals surface area contributed by atoms with Crippen LogP contribution in [0.25, 0.3) is 0 Å². The Kier molecular flexibility index (Phi) is 4.51. The minimum Gasteiger partial charge on any atom is -0.326 e. The van der Waals surface area contributed by atoms with Crippen LogP contribution in [-0.2, 0) is 4.79 Å². The fraction of sp³-hybridized carbons (Fsp3) is 0.154. The second kappa shape index (κ2) is 6.15. The van der Waals surface area contributed by atoms with Crippen LogP contribution in [0, 0.1) is 6.92 Å². The van der Waals surface area contributed by atoms with Crippen molar-refractivity contribution in [3.8, 4) is 0 Å². The molecule has 1 heterocycles. The number of thiazole rings is 1. The van der Waals surface area contributed by atoms with E-state index >= 15 is 0 Å². The number of halogens is 1. The van der Waals surface area contributed by atoms with Gasteiger partial charge in [-0.1, -0.05) is 12.1 Å². The summed E-state index contributed by atoms with van der Waals surface area (Å²) in [5, 5.41) is 5.86. The summed E-state index contributed by atoms with van der Waals surface area (Å²) in [6, 6.07) is 6.82. The minimum absolute atomic E-state index is 0.224. The number of anilines is 2. The molecule has 0 aliphatic rings. The van der Waals surface area contributed by atoms with Crippen molar-refractivity contribution in [2.75, 3.05) is 10.6 Å². The van der Waals surface area contributed by atoms with Crippen molar-refractivity contribution < 1.29 is 9.59 Å². The molecule has 0 saturated carbocycles. The highest BCUT2D eigenvalue weighted by Crippen LogP contribution is 2.27. The molecule has 0 spiro atoms. The molecule has 5 nitrogen and oxygen atoms in total. The van der Waals surface area contributed by atoms with Gasteiger partial charge in [-0.2, -0.15) is 0 Å². The summed E-state index contributed by atoms with van der Waals surface area (Å²) in [5.74, 6) is -0.534. The van der Waals surface area contributed by atoms with Crippen LogP contribution in [0.4, 0.5) is 10.8 Å². The van der Waals surface area contributed by atoms with E-state index in [9.17, 15) is 9.59 Å². The summed E-state index contributed by atoms with van der Waals surface area (Å²) in [6.45, 7) is 3.30. The quantitative estimate of drug-likeness (QED) is 0.887. The Morgan fingerprint density at radius 1 is 1.25 bits per heavy atom. The third-order valence-corrected chi connectivity index (χ3v) is 4.36. The number of benzene rings is 1. The van der Waals surface area contributed by atoms with Gasteiger partial charge in [0.2, 0.25) is 5.91 Å². The van der Waals surface area contributed by atoms with Crippen LogP contribution in [0.15, 0.2) is 28.9 Å². The lowest BCUT2D eigenvalue weighted by molar-refractivity contribution is -0.114. The highest BCUT2D eigenvalue weighted by atomic mass is 79.9. The molecule has 0 unspecified atom stereocenters. The number of hydrogen-bond acceptors (Lipinski definition) is 4. The third-order valence-electron chi connectivity index (χ3n) is 2.44. The molecule has 1 aromatic heterocycles. The maximum atomic E-state index is 12.2. The standard InChI is InChI=1S/C13H12BrN3O2S/c1-7-11(14)16-13(20-7)17-12(19)9-5-3-4-6-10(9)15-8(2)18/h3-6H,1-2H3,(H,15,18)(H,16,17,19). The van der Waals surface area contributed by atoms with Gasteiger partial charge in [0.05, 0.1) is 11.3 Å². The zero-order chi connectivity index (χ0) is 14.7. The molecule has 2 amide bonds. The first kappa shape index (κ1) is 14.7. The van der Waals surface area contributed by atoms with Gasteiger partial charge in [0.1, 0.15) is 4.60 Å². The molecule has 20 heavy (non-hydrogen) atoms. The van der Waals surface area contributed by atoms with Gasteiger partial charge in [-0.3, -0.25) is 14.9 Å². The van der Waals surface area contributed by atoms with E-state index in [1.807, 2.05) is 6.92 Å². The van der Waals surface area contributed by atoms with Gasteiger partial charge in [-0.05, 0) is 35.0 Å². The maximum Gasteiger partial charge on any atom is 0.259 e. The van der Waals surface area contributed by atoms with Crippen LogP contribution < -0.4 is 10.6 Å². The van der Waals surface area contributed by atoms with E-state index in [4.69, 9.17) is 0 Å². The highest BCUT2D eigenvalue weighted by molar-refractivity contribution is 9.10. The third kappa shape index (κ3) is 3.43. The summed E-state index contributed by atoms with van der Waals surface area (Å²) in [5.41, 5.74) is 0.872. The number of hydrogen-bond donors (Lipinski definition) is 2. The number of carbonyl (C=O) groups is 2. The molecular formula is C13H12BrN3O2S. The van der Waals surface area contributed by atoms with Crippen LogP contribution in [0.1, 0.15) is 22.2 Å². The van der Waals surface area contributed by atoms with Crippen molar-refractivity contribution in [2.45, 2.75) is 13.8 Å². The molecular weight excluding hydrogens is 342 g/mol. The molecule has 0 aliphatic carbocycles. The topological polar surface area (TPSA) is 71.1 Å². The number of para-hydroxylation sites is 1. The molecule has 7 heteroatoms. The van der Waals surface area contributed by atoms with E-state index in [0.29, 0.717) is 21.0 Å². The smallest absolute Gasteiger partial charge is 0.259 e. The zero-order valence-electron chi connectivity index (χ0n) is 10.9. The molecule has 0 radical (unpaired) electrons. The van der Waals surface area contributed by atoms with E-state index in [2.05, 4.69) is 31.5 Å². The number of aryl methyl sites for hydroxylation is 1. The molecule has 0 saturated heterocycles. The predicted octanol–water partition coefficient (Wildman–Crippen LogP) is 3.42. The summed E-state index contributed by atoms with van der Waals surface area (Å²) in [4.78, 5) is 28.5. The lowest BCUT2D eigenvalue weighted by Crippen LogP contribution is -2.16. The van der Waals surface area contributed by atoms with Gasteiger partial charge < -0.3 is 5.32 Å². The molecule has 1 aromatic carbocycles. The molecule has 104 valence electrons. The monoisotopic (exact) mass is 353 g/mol. The first-order chi connectivity index (χ1) is 9.47. The van der Waals surface area contributed by atoms with Gasteiger partial charge in [0.15, 0.2) is 5.13 Å². The normalized spacial score (nSPS) is 10.2. The van der Waals surface area contributed by atoms with Gasteiger partial charge >= 0.3 is 0 Å². The summed E-state index contributed by atoms with van der Waals surface area (Å²) >= 11 is 4.68. The summed E-state index contributed by atoms with van der Waals surface area (Å²) < 4.78 is 0.716. The van der Waals surface area contributed by atoms with Gasteiger partial charge in [-0.25, -0.2) is 4.98 Å². The van der Waals surface area contributed by atoms with Crippen molar-refractivity contribution in [3.05, 3.63) is 39.3 Å². The lowest BCUT2D eigenvalue weighted by Gasteiger charge is -2.08. The number of amides is 2. The second-order valence-corrected chi connectivity index (χ2v) is 6.00. The van der Waals surface area contributed by atoms with E-state index in [1.165, 1.54) is 18.3 Å². The highest BCUT2D eigenvalue weighted by Gasteiger charge is 2.14. The fourth-order valence-electron chi connectivity index (χ4n) is 1.58. The van der Waals surface area contributed by atoms with Crippen molar-refractivity contribution >= 4 is 49.9 Å². The molecule has 2 rings (SSSR count). The number of carbonyl (C=O) groups excluding carboxylic acids is 2. The summed E-state index contributed by atoms with van der Waals surface area (Å²) in [7, 11) is 0. The van der Waals surface area contributed by atoms with E-state index in [1.54, 1.807) is 24.3 Å². The fourth-order valence-corrected chi connectivity index (χ4v) is 2.81. The molecule has 0 atom stereocenters. The van der Waals surface area contributed by atoms with Crippen LogP contribution in [-0.4, -0.2) is 16.8 Å². The SMILES string of the molecule is CC(=O)Nc1ccccc1C(=O)Nc1nc(Br)c(C)s1. The second-order valence-electron chi connectivity index (χ2n) is 4.05. The van der Waals surface area contributed by atoms with Crippen LogP contribution in [0.2, 0.25) is 0 Å². The Labute approximate surface area is 128 Å². The van der Waals surface area contributed by atoms with Crippen molar-refractivity contribution in [1.29, 1.82) is 0 Å². The Bertz CT molecular complexity index is 650. The Hall–Kier alpha value is -1.73. The van der Waals surface area contributed by atoms with Gasteiger partial charge in [-0.15, -0.1) is 11.3 Å². The van der Waals surface area contributed by atoms with Gasteiger partial charge in [0.25, 0.3) is 5.91 Å². The number of aromatic nitrogens is 1. The Balaban J connectivity index is 2.22. The summed E-state index contributed by atoms with van der Waals surface area (Å²) in [6.07, 6.45) is 0. The van der Waals surface area contributed by atoms with E-state index in [-0.39, 0.29) is 11.8 Å². The van der Waals surface area contributed by atoms with Gasteiger partial charge in [0, 0.05) is 11.8 Å². The zero-order valence-corrected chi connectivity index (χ0v) is 13.3. The molecule has 2 aromatic rings. The van der Waals surface area contributed by atoms with Crippen molar-refractivity contribution in [1.82, 2.24) is 4.98 Å². The van der Waals surface area contributed by atoms with Crippen molar-refractivity contribution in [3.63, 3.8) is 0 Å². The average Bonchev–Trinajstić information content (AvgIpc) is 2.68. The number of nitrogens with zero attached hydrogens (tertiary/aromatic N) is 1. The van der Waals surface area contributed by atoms with E-state index in [0.717, 1.165) is 4.88 Å². The molecule has 2 N–H and O–H groups in total. The first-order valence-corrected chi connectivity index (χ1v) is 7.39. The molecule has 0 bridgehead atoms. The van der Waals surface area contributed by atoms with Crippen molar-refractivity contribution in [2.24, 2.45) is 0 Å². The Morgan fingerprint density at radius 3 is 2.55 bits per heavy atom. The van der Waals surface area contributed by atoms with Crippen LogP contribution in [0.5, 0.6) is 0 Å². The van der Waals surface area contributed by atoms with Crippen LogP contribution >= 0.6 is 27.3 Å². The first-order valence-electron chi connectivity index (χ1n) is 5.78.